The summed E-state index contributed by atoms with van der Waals surface area (Å²) in [7, 11) is 1.54. The molecule has 3 rings (SSSR count). The van der Waals surface area contributed by atoms with Crippen molar-refractivity contribution < 1.29 is 19.1 Å². The van der Waals surface area contributed by atoms with E-state index >= 15 is 0 Å². The van der Waals surface area contributed by atoms with Crippen molar-refractivity contribution in [2.75, 3.05) is 17.7 Å². The number of ether oxygens (including phenoxy) is 1. The highest BCUT2D eigenvalue weighted by Crippen LogP contribution is 2.23. The number of carbonyl (C=O) groups is 3. The molecule has 0 saturated heterocycles. The van der Waals surface area contributed by atoms with Crippen LogP contribution < -0.4 is 16.0 Å². The Kier molecular flexibility index (Phi) is 4.76. The van der Waals surface area contributed by atoms with Gasteiger partial charge in [0.2, 0.25) is 0 Å². The van der Waals surface area contributed by atoms with Crippen molar-refractivity contribution in [2.45, 2.75) is 13.2 Å². The molecule has 2 aromatic rings. The fraction of sp³-hybridized carbons (Fsp3) is 0.167. The highest BCUT2D eigenvalue weighted by atomic mass is 16.5. The average Bonchev–Trinajstić information content (AvgIpc) is 3.09. The molecule has 0 aliphatic carbocycles. The molecule has 7 heteroatoms. The smallest absolute Gasteiger partial charge is 0.314 e. The Labute approximate surface area is 144 Å². The monoisotopic (exact) mass is 339 g/mol. The van der Waals surface area contributed by atoms with E-state index in [-0.39, 0.29) is 5.91 Å². The normalized spacial score (nSPS) is 12.2. The van der Waals surface area contributed by atoms with Gasteiger partial charge < -0.3 is 20.7 Å². The van der Waals surface area contributed by atoms with Gasteiger partial charge in [0, 0.05) is 24.0 Å². The highest BCUT2D eigenvalue weighted by molar-refractivity contribution is 6.43. The minimum absolute atomic E-state index is 0.226. The number of rotatable bonds is 3. The van der Waals surface area contributed by atoms with Gasteiger partial charge in [-0.3, -0.25) is 14.4 Å². The predicted molar refractivity (Wildman–Crippen MR) is 92.0 cm³/mol. The van der Waals surface area contributed by atoms with Crippen LogP contribution in [0.3, 0.4) is 0 Å². The molecular formula is C18H17N3O4. The zero-order valence-electron chi connectivity index (χ0n) is 13.6. The molecule has 0 aromatic heterocycles. The van der Waals surface area contributed by atoms with Crippen molar-refractivity contribution in [2.24, 2.45) is 0 Å². The number of benzene rings is 2. The number of amides is 3. The van der Waals surface area contributed by atoms with Crippen molar-refractivity contribution >= 4 is 29.1 Å². The third-order valence-corrected chi connectivity index (χ3v) is 3.82. The Hall–Kier alpha value is -3.19. The van der Waals surface area contributed by atoms with E-state index in [0.29, 0.717) is 30.2 Å². The number of fused-ring (bicyclic) bond motifs is 1. The Morgan fingerprint density at radius 2 is 1.44 bits per heavy atom. The quantitative estimate of drug-likeness (QED) is 0.741. The van der Waals surface area contributed by atoms with Crippen molar-refractivity contribution in [1.29, 1.82) is 0 Å². The van der Waals surface area contributed by atoms with Gasteiger partial charge >= 0.3 is 11.8 Å². The first kappa shape index (κ1) is 16.7. The molecule has 0 fully saturated rings. The summed E-state index contributed by atoms with van der Waals surface area (Å²) in [4.78, 5) is 35.5. The average molecular weight is 339 g/mol. The third kappa shape index (κ3) is 3.84. The van der Waals surface area contributed by atoms with E-state index in [1.807, 2.05) is 6.07 Å². The maximum absolute atomic E-state index is 12.0. The molecule has 1 aliphatic rings. The SMILES string of the molecule is CNC(=O)c1ccc(NC(=O)C(=O)Nc2ccc3c(c2)COC3)cc1. The second-order valence-electron chi connectivity index (χ2n) is 5.54. The molecular weight excluding hydrogens is 322 g/mol. The van der Waals surface area contributed by atoms with Crippen molar-refractivity contribution in [3.63, 3.8) is 0 Å². The molecule has 128 valence electrons. The molecule has 0 unspecified atom stereocenters. The molecule has 0 spiro atoms. The molecule has 0 bridgehead atoms. The second-order valence-corrected chi connectivity index (χ2v) is 5.54. The number of hydrogen-bond donors (Lipinski definition) is 3. The molecule has 0 radical (unpaired) electrons. The van der Waals surface area contributed by atoms with Gasteiger partial charge in [0.1, 0.15) is 0 Å². The maximum Gasteiger partial charge on any atom is 0.314 e. The molecule has 0 saturated carbocycles. The lowest BCUT2D eigenvalue weighted by atomic mass is 10.1. The molecule has 3 amide bonds. The highest BCUT2D eigenvalue weighted by Gasteiger charge is 2.16. The van der Waals surface area contributed by atoms with Crippen LogP contribution in [0.5, 0.6) is 0 Å². The topological polar surface area (TPSA) is 96.5 Å². The number of carbonyl (C=O) groups excluding carboxylic acids is 3. The van der Waals surface area contributed by atoms with Gasteiger partial charge in [-0.1, -0.05) is 6.07 Å². The molecule has 7 nitrogen and oxygen atoms in total. The summed E-state index contributed by atoms with van der Waals surface area (Å²) in [5, 5.41) is 7.56. The van der Waals surface area contributed by atoms with Gasteiger partial charge in [-0.05, 0) is 47.5 Å². The lowest BCUT2D eigenvalue weighted by Gasteiger charge is -2.08. The molecule has 1 aliphatic heterocycles. The fourth-order valence-electron chi connectivity index (χ4n) is 2.47. The van der Waals surface area contributed by atoms with Crippen LogP contribution in [0.25, 0.3) is 0 Å². The van der Waals surface area contributed by atoms with Gasteiger partial charge in [0.25, 0.3) is 5.91 Å². The van der Waals surface area contributed by atoms with Crippen LogP contribution in [0.2, 0.25) is 0 Å². The molecule has 25 heavy (non-hydrogen) atoms. The van der Waals surface area contributed by atoms with Gasteiger partial charge in [0.15, 0.2) is 0 Å². The first-order chi connectivity index (χ1) is 12.1. The molecule has 3 N–H and O–H groups in total. The lowest BCUT2D eigenvalue weighted by Crippen LogP contribution is -2.29. The first-order valence-electron chi connectivity index (χ1n) is 7.71. The summed E-state index contributed by atoms with van der Waals surface area (Å²) in [6, 6.07) is 11.6. The summed E-state index contributed by atoms with van der Waals surface area (Å²) in [5.74, 6) is -1.78. The number of hydrogen-bond acceptors (Lipinski definition) is 4. The largest absolute Gasteiger partial charge is 0.372 e. The Balaban J connectivity index is 1.61. The van der Waals surface area contributed by atoms with E-state index < -0.39 is 11.8 Å². The van der Waals surface area contributed by atoms with Crippen molar-refractivity contribution in [3.05, 3.63) is 59.2 Å². The van der Waals surface area contributed by atoms with Crippen LogP contribution >= 0.6 is 0 Å². The number of anilines is 2. The zero-order chi connectivity index (χ0) is 17.8. The summed E-state index contributed by atoms with van der Waals surface area (Å²) in [6.45, 7) is 1.07. The number of nitrogens with one attached hydrogen (secondary N) is 3. The van der Waals surface area contributed by atoms with E-state index in [2.05, 4.69) is 16.0 Å². The Morgan fingerprint density at radius 1 is 0.840 bits per heavy atom. The van der Waals surface area contributed by atoms with E-state index in [4.69, 9.17) is 4.74 Å². The minimum atomic E-state index is -0.788. The van der Waals surface area contributed by atoms with Crippen LogP contribution in [-0.4, -0.2) is 24.8 Å². The summed E-state index contributed by atoms with van der Waals surface area (Å²) in [5.41, 5.74) is 3.52. The Bertz CT molecular complexity index is 831. The molecule has 2 aromatic carbocycles. The third-order valence-electron chi connectivity index (χ3n) is 3.82. The van der Waals surface area contributed by atoms with Gasteiger partial charge in [0.05, 0.1) is 13.2 Å². The standard InChI is InChI=1S/C18H17N3O4/c1-19-16(22)11-2-5-14(6-3-11)20-17(23)18(24)21-15-7-4-12-9-25-10-13(12)8-15/h2-8H,9-10H2,1H3,(H,19,22)(H,20,23)(H,21,24). The van der Waals surface area contributed by atoms with Crippen molar-refractivity contribution in [1.82, 2.24) is 5.32 Å². The first-order valence-corrected chi connectivity index (χ1v) is 7.71. The summed E-state index contributed by atoms with van der Waals surface area (Å²) in [6.07, 6.45) is 0. The molecule has 1 heterocycles. The van der Waals surface area contributed by atoms with E-state index in [1.165, 1.54) is 7.05 Å². The lowest BCUT2D eigenvalue weighted by molar-refractivity contribution is -0.132. The van der Waals surface area contributed by atoms with Crippen LogP contribution in [0.4, 0.5) is 11.4 Å². The van der Waals surface area contributed by atoms with Crippen LogP contribution in [0.15, 0.2) is 42.5 Å². The summed E-state index contributed by atoms with van der Waals surface area (Å²) >= 11 is 0. The van der Waals surface area contributed by atoms with Crippen molar-refractivity contribution in [3.8, 4) is 0 Å². The fourth-order valence-corrected chi connectivity index (χ4v) is 2.47. The maximum atomic E-state index is 12.0. The van der Waals surface area contributed by atoms with Gasteiger partial charge in [-0.2, -0.15) is 0 Å². The van der Waals surface area contributed by atoms with Crippen LogP contribution in [0.1, 0.15) is 21.5 Å². The summed E-state index contributed by atoms with van der Waals surface area (Å²) < 4.78 is 5.32. The second kappa shape index (κ2) is 7.14. The van der Waals surface area contributed by atoms with Crippen LogP contribution in [-0.2, 0) is 27.5 Å². The predicted octanol–water partition coefficient (Wildman–Crippen LogP) is 1.65. The van der Waals surface area contributed by atoms with Gasteiger partial charge in [-0.15, -0.1) is 0 Å². The van der Waals surface area contributed by atoms with E-state index in [1.54, 1.807) is 36.4 Å². The molecule has 0 atom stereocenters. The van der Waals surface area contributed by atoms with Crippen LogP contribution in [0, 0.1) is 0 Å². The zero-order valence-corrected chi connectivity index (χ0v) is 13.6. The van der Waals surface area contributed by atoms with E-state index in [0.717, 1.165) is 11.1 Å². The van der Waals surface area contributed by atoms with Gasteiger partial charge in [-0.25, -0.2) is 0 Å². The van der Waals surface area contributed by atoms with E-state index in [9.17, 15) is 14.4 Å². The minimum Gasteiger partial charge on any atom is -0.372 e. The Morgan fingerprint density at radius 3 is 2.12 bits per heavy atom.